The van der Waals surface area contributed by atoms with Gasteiger partial charge in [0, 0.05) is 23.7 Å². The van der Waals surface area contributed by atoms with Crippen molar-refractivity contribution in [1.29, 1.82) is 0 Å². The number of anilines is 1. The Morgan fingerprint density at radius 2 is 1.97 bits per heavy atom. The predicted octanol–water partition coefficient (Wildman–Crippen LogP) is 6.17. The maximum atomic E-state index is 5.21. The number of thioether (sulfide) groups is 1. The fourth-order valence-corrected chi connectivity index (χ4v) is 6.59. The van der Waals surface area contributed by atoms with Crippen LogP contribution in [0.3, 0.4) is 0 Å². The normalized spacial score (nSPS) is 19.4. The number of hydrogen-bond donors (Lipinski definition) is 0. The van der Waals surface area contributed by atoms with Crippen molar-refractivity contribution in [3.63, 3.8) is 0 Å². The Hall–Kier alpha value is -1.40. The monoisotopic (exact) mass is 426 g/mol. The van der Waals surface area contributed by atoms with Crippen LogP contribution in [0.5, 0.6) is 0 Å². The third-order valence-corrected chi connectivity index (χ3v) is 8.22. The van der Waals surface area contributed by atoms with Crippen molar-refractivity contribution in [3.8, 4) is 0 Å². The van der Waals surface area contributed by atoms with Crippen LogP contribution in [0, 0.1) is 0 Å². The molecule has 3 aromatic rings. The van der Waals surface area contributed by atoms with Crippen LogP contribution in [-0.2, 0) is 19.3 Å². The highest BCUT2D eigenvalue weighted by Crippen LogP contribution is 2.43. The lowest BCUT2D eigenvalue weighted by atomic mass is 10.0. The second-order valence-corrected chi connectivity index (χ2v) is 10.3. The Bertz CT molecular complexity index is 1060. The average Bonchev–Trinajstić information content (AvgIpc) is 3.36. The van der Waals surface area contributed by atoms with Crippen molar-refractivity contribution in [2.45, 2.75) is 82.8 Å². The Kier molecular flexibility index (Phi) is 5.41. The van der Waals surface area contributed by atoms with E-state index in [-0.39, 0.29) is 0 Å². The van der Waals surface area contributed by atoms with E-state index in [0.717, 1.165) is 29.5 Å². The van der Waals surface area contributed by atoms with Crippen LogP contribution < -0.4 is 4.90 Å². The molecule has 3 aromatic heterocycles. The van der Waals surface area contributed by atoms with E-state index in [1.54, 1.807) is 11.8 Å². The number of hydrogen-bond acceptors (Lipinski definition) is 6. The van der Waals surface area contributed by atoms with Crippen molar-refractivity contribution in [2.75, 3.05) is 17.7 Å². The fraction of sp³-hybridized carbons (Fsp3) is 0.609. The van der Waals surface area contributed by atoms with Gasteiger partial charge in [-0.25, -0.2) is 15.0 Å². The molecule has 154 valence electrons. The quantitative estimate of drug-likeness (QED) is 0.360. The molecule has 4 nitrogen and oxygen atoms in total. The second kappa shape index (κ2) is 8.03. The number of piperidine rings is 1. The smallest absolute Gasteiger partial charge is 0.189 e. The van der Waals surface area contributed by atoms with Gasteiger partial charge in [-0.05, 0) is 75.7 Å². The summed E-state index contributed by atoms with van der Waals surface area (Å²) in [6.07, 6.45) is 13.1. The molecule has 5 rings (SSSR count). The molecule has 0 unspecified atom stereocenters. The van der Waals surface area contributed by atoms with Crippen molar-refractivity contribution < 1.29 is 0 Å². The lowest BCUT2D eigenvalue weighted by Crippen LogP contribution is -2.38. The van der Waals surface area contributed by atoms with Gasteiger partial charge >= 0.3 is 0 Å². The van der Waals surface area contributed by atoms with E-state index in [1.807, 2.05) is 11.3 Å². The molecule has 0 bridgehead atoms. The summed E-state index contributed by atoms with van der Waals surface area (Å²) in [4.78, 5) is 19.0. The van der Waals surface area contributed by atoms with Crippen molar-refractivity contribution in [2.24, 2.45) is 0 Å². The van der Waals surface area contributed by atoms with E-state index in [1.165, 1.54) is 83.1 Å². The summed E-state index contributed by atoms with van der Waals surface area (Å²) in [6.45, 7) is 5.71. The molecule has 0 spiro atoms. The van der Waals surface area contributed by atoms with Gasteiger partial charge in [0.1, 0.15) is 4.83 Å². The SMILES string of the molecule is CCCCc1nc2sc3c(N4CCCC[C@@H]4C)nc(SC)nc3c2c2c1CCC2. The first-order chi connectivity index (χ1) is 14.2. The summed E-state index contributed by atoms with van der Waals surface area (Å²) >= 11 is 3.49. The van der Waals surface area contributed by atoms with E-state index in [9.17, 15) is 0 Å². The largest absolute Gasteiger partial charge is 0.353 e. The maximum absolute atomic E-state index is 5.21. The average molecular weight is 427 g/mol. The van der Waals surface area contributed by atoms with Gasteiger partial charge < -0.3 is 4.90 Å². The van der Waals surface area contributed by atoms with Crippen molar-refractivity contribution >= 4 is 49.3 Å². The summed E-state index contributed by atoms with van der Waals surface area (Å²) in [5.74, 6) is 1.15. The molecule has 0 radical (unpaired) electrons. The molecule has 1 saturated heterocycles. The molecule has 2 aliphatic rings. The van der Waals surface area contributed by atoms with Gasteiger partial charge in [0.05, 0.1) is 10.2 Å². The minimum atomic E-state index is 0.542. The summed E-state index contributed by atoms with van der Waals surface area (Å²) in [5.41, 5.74) is 5.58. The van der Waals surface area contributed by atoms with Gasteiger partial charge in [0.25, 0.3) is 0 Å². The standard InChI is InChI=1S/C23H30N4S2/c1-4-5-12-17-15-10-8-11-16(15)18-19-20(29-22(18)24-17)21(26-23(25-19)28-3)27-13-7-6-9-14(27)2/h14H,4-13H2,1-3H3/t14-/m0/s1. The summed E-state index contributed by atoms with van der Waals surface area (Å²) in [6, 6.07) is 0.542. The Labute approximate surface area is 181 Å². The Morgan fingerprint density at radius 3 is 2.76 bits per heavy atom. The Balaban J connectivity index is 1.76. The fourth-order valence-electron chi connectivity index (χ4n) is 5.06. The zero-order valence-electron chi connectivity index (χ0n) is 17.8. The van der Waals surface area contributed by atoms with Crippen LogP contribution >= 0.6 is 23.1 Å². The topological polar surface area (TPSA) is 41.9 Å². The number of fused-ring (bicyclic) bond motifs is 5. The first-order valence-corrected chi connectivity index (χ1v) is 13.2. The van der Waals surface area contributed by atoms with Gasteiger partial charge in [0.15, 0.2) is 11.0 Å². The third-order valence-electron chi connectivity index (χ3n) is 6.61. The minimum Gasteiger partial charge on any atom is -0.353 e. The molecule has 1 atom stereocenters. The highest BCUT2D eigenvalue weighted by molar-refractivity contribution is 7.98. The number of aromatic nitrogens is 3. The molecule has 1 fully saturated rings. The van der Waals surface area contributed by atoms with Crippen LogP contribution in [0.15, 0.2) is 5.16 Å². The predicted molar refractivity (Wildman–Crippen MR) is 126 cm³/mol. The number of unbranched alkanes of at least 4 members (excludes halogenated alkanes) is 1. The van der Waals surface area contributed by atoms with Gasteiger partial charge in [-0.2, -0.15) is 0 Å². The van der Waals surface area contributed by atoms with Crippen LogP contribution in [-0.4, -0.2) is 33.8 Å². The number of thiophene rings is 1. The summed E-state index contributed by atoms with van der Waals surface area (Å²) in [5, 5.41) is 2.23. The van der Waals surface area contributed by atoms with Crippen LogP contribution in [0.2, 0.25) is 0 Å². The summed E-state index contributed by atoms with van der Waals surface area (Å²) in [7, 11) is 0. The molecule has 0 saturated carbocycles. The first-order valence-electron chi connectivity index (χ1n) is 11.2. The highest BCUT2D eigenvalue weighted by atomic mass is 32.2. The zero-order valence-corrected chi connectivity index (χ0v) is 19.4. The number of nitrogens with zero attached hydrogens (tertiary/aromatic N) is 4. The van der Waals surface area contributed by atoms with E-state index >= 15 is 0 Å². The molecule has 0 amide bonds. The lowest BCUT2D eigenvalue weighted by molar-refractivity contribution is 0.481. The molecular weight excluding hydrogens is 396 g/mol. The van der Waals surface area contributed by atoms with Gasteiger partial charge in [-0.15, -0.1) is 11.3 Å². The van der Waals surface area contributed by atoms with Crippen molar-refractivity contribution in [3.05, 3.63) is 16.8 Å². The molecule has 0 N–H and O–H groups in total. The third kappa shape index (κ3) is 3.32. The van der Waals surface area contributed by atoms with Crippen LogP contribution in [0.4, 0.5) is 5.82 Å². The number of aryl methyl sites for hydroxylation is 2. The summed E-state index contributed by atoms with van der Waals surface area (Å²) < 4.78 is 1.25. The van der Waals surface area contributed by atoms with E-state index < -0.39 is 0 Å². The van der Waals surface area contributed by atoms with Gasteiger partial charge in [-0.1, -0.05) is 25.1 Å². The molecule has 4 heterocycles. The van der Waals surface area contributed by atoms with E-state index in [0.29, 0.717) is 6.04 Å². The van der Waals surface area contributed by atoms with Gasteiger partial charge in [-0.3, -0.25) is 0 Å². The second-order valence-electron chi connectivity index (χ2n) is 8.50. The van der Waals surface area contributed by atoms with E-state index in [4.69, 9.17) is 15.0 Å². The molecule has 29 heavy (non-hydrogen) atoms. The van der Waals surface area contributed by atoms with Crippen LogP contribution in [0.25, 0.3) is 20.4 Å². The lowest BCUT2D eigenvalue weighted by Gasteiger charge is -2.34. The molecular formula is C23H30N4S2. The zero-order chi connectivity index (χ0) is 20.0. The number of pyridine rings is 1. The number of rotatable bonds is 5. The minimum absolute atomic E-state index is 0.542. The molecule has 1 aliphatic carbocycles. The maximum Gasteiger partial charge on any atom is 0.189 e. The van der Waals surface area contributed by atoms with Gasteiger partial charge in [0.2, 0.25) is 0 Å². The molecule has 0 aromatic carbocycles. The molecule has 1 aliphatic heterocycles. The molecule has 6 heteroatoms. The highest BCUT2D eigenvalue weighted by Gasteiger charge is 2.28. The Morgan fingerprint density at radius 1 is 1.10 bits per heavy atom. The van der Waals surface area contributed by atoms with Crippen molar-refractivity contribution in [1.82, 2.24) is 15.0 Å². The van der Waals surface area contributed by atoms with E-state index in [2.05, 4.69) is 25.0 Å². The van der Waals surface area contributed by atoms with Crippen LogP contribution in [0.1, 0.15) is 69.2 Å². The first kappa shape index (κ1) is 19.6.